The summed E-state index contributed by atoms with van der Waals surface area (Å²) in [4.78, 5) is 4.34. The third-order valence-electron chi connectivity index (χ3n) is 3.18. The van der Waals surface area contributed by atoms with Gasteiger partial charge in [0.1, 0.15) is 0 Å². The smallest absolute Gasteiger partial charge is 0.280 e. The van der Waals surface area contributed by atoms with Crippen molar-refractivity contribution in [2.45, 2.75) is 19.4 Å². The lowest BCUT2D eigenvalue weighted by Gasteiger charge is -2.04. The lowest BCUT2D eigenvalue weighted by molar-refractivity contribution is 0.417. The Morgan fingerprint density at radius 3 is 2.77 bits per heavy atom. The molecule has 116 valence electrons. The fourth-order valence-electron chi connectivity index (χ4n) is 1.89. The number of likely N-dealkylation sites (N-methyl/N-ethyl adjacent to an activating group) is 1. The van der Waals surface area contributed by atoms with Crippen LogP contribution in [0.25, 0.3) is 17.3 Å². The zero-order chi connectivity index (χ0) is 14.7. The first kappa shape index (κ1) is 16.1. The first-order chi connectivity index (χ1) is 10.3. The van der Waals surface area contributed by atoms with Crippen LogP contribution in [0.5, 0.6) is 0 Å². The Morgan fingerprint density at radius 1 is 1.27 bits per heavy atom. The molecule has 8 heteroatoms. The number of hydrogen-bond acceptors (Lipinski definition) is 6. The molecule has 0 aliphatic carbocycles. The van der Waals surface area contributed by atoms with Gasteiger partial charge in [-0.2, -0.15) is 4.98 Å². The largest absolute Gasteiger partial charge is 0.332 e. The molecule has 0 bridgehead atoms. The molecule has 0 spiro atoms. The number of rotatable bonds is 5. The molecular weight excluding hydrogens is 304 g/mol. The Morgan fingerprint density at radius 2 is 2.05 bits per heavy atom. The van der Waals surface area contributed by atoms with Gasteiger partial charge in [-0.1, -0.05) is 28.6 Å². The summed E-state index contributed by atoms with van der Waals surface area (Å²) in [5, 5.41) is 15.2. The van der Waals surface area contributed by atoms with Crippen molar-refractivity contribution in [3.05, 3.63) is 42.4 Å². The quantitative estimate of drug-likeness (QED) is 0.773. The monoisotopic (exact) mass is 320 g/mol. The maximum Gasteiger partial charge on any atom is 0.280 e. The van der Waals surface area contributed by atoms with Gasteiger partial charge in [0.05, 0.1) is 11.9 Å². The maximum atomic E-state index is 5.24. The molecule has 1 unspecified atom stereocenters. The minimum atomic E-state index is 0. The van der Waals surface area contributed by atoms with Crippen molar-refractivity contribution >= 4 is 12.4 Å². The highest BCUT2D eigenvalue weighted by Crippen LogP contribution is 2.16. The van der Waals surface area contributed by atoms with Crippen LogP contribution in [0, 0.1) is 0 Å². The zero-order valence-corrected chi connectivity index (χ0v) is 13.1. The number of hydrogen-bond donors (Lipinski definition) is 1. The summed E-state index contributed by atoms with van der Waals surface area (Å²) in [6, 6.07) is 10.0. The molecule has 3 aromatic rings. The van der Waals surface area contributed by atoms with Gasteiger partial charge in [-0.05, 0) is 26.1 Å². The second-order valence-corrected chi connectivity index (χ2v) is 4.79. The normalized spacial score (nSPS) is 11.9. The average molecular weight is 321 g/mol. The molecule has 0 aliphatic rings. The second kappa shape index (κ2) is 7.15. The summed E-state index contributed by atoms with van der Waals surface area (Å²) in [5.41, 5.74) is 1.49. The molecular formula is C14H17ClN6O. The molecule has 0 aliphatic heterocycles. The highest BCUT2D eigenvalue weighted by atomic mass is 35.5. The van der Waals surface area contributed by atoms with E-state index >= 15 is 0 Å². The van der Waals surface area contributed by atoms with E-state index in [1.807, 2.05) is 37.4 Å². The lowest BCUT2D eigenvalue weighted by Crippen LogP contribution is -2.24. The van der Waals surface area contributed by atoms with E-state index in [4.69, 9.17) is 4.52 Å². The maximum absolute atomic E-state index is 5.24. The van der Waals surface area contributed by atoms with E-state index in [0.717, 1.165) is 5.69 Å². The SMILES string of the molecule is CNC(C)Cc1noc(-c2cn(-c3ccccc3)nn2)n1.Cl. The molecule has 2 aromatic heterocycles. The third kappa shape index (κ3) is 3.49. The van der Waals surface area contributed by atoms with Crippen LogP contribution in [-0.4, -0.2) is 38.2 Å². The third-order valence-corrected chi connectivity index (χ3v) is 3.18. The molecule has 0 saturated heterocycles. The van der Waals surface area contributed by atoms with Crippen molar-refractivity contribution in [3.63, 3.8) is 0 Å². The number of nitrogens with zero attached hydrogens (tertiary/aromatic N) is 5. The van der Waals surface area contributed by atoms with Crippen molar-refractivity contribution < 1.29 is 4.52 Å². The Bertz CT molecular complexity index is 711. The fraction of sp³-hybridized carbons (Fsp3) is 0.286. The summed E-state index contributed by atoms with van der Waals surface area (Å²) in [5.74, 6) is 1.04. The molecule has 22 heavy (non-hydrogen) atoms. The average Bonchev–Trinajstić information content (AvgIpc) is 3.17. The van der Waals surface area contributed by atoms with E-state index in [1.54, 1.807) is 10.9 Å². The summed E-state index contributed by atoms with van der Waals surface area (Å²) in [6.45, 7) is 2.06. The van der Waals surface area contributed by atoms with Gasteiger partial charge >= 0.3 is 0 Å². The van der Waals surface area contributed by atoms with Crippen LogP contribution in [0.3, 0.4) is 0 Å². The van der Waals surface area contributed by atoms with Crippen molar-refractivity contribution in [2.75, 3.05) is 7.05 Å². The molecule has 0 saturated carbocycles. The Balaban J connectivity index is 0.00000176. The molecule has 1 N–H and O–H groups in total. The van der Waals surface area contributed by atoms with E-state index in [9.17, 15) is 0 Å². The first-order valence-corrected chi connectivity index (χ1v) is 6.74. The molecule has 7 nitrogen and oxygen atoms in total. The highest BCUT2D eigenvalue weighted by Gasteiger charge is 2.14. The summed E-state index contributed by atoms with van der Waals surface area (Å²) >= 11 is 0. The van der Waals surface area contributed by atoms with Crippen LogP contribution in [0.1, 0.15) is 12.7 Å². The zero-order valence-electron chi connectivity index (χ0n) is 12.3. The predicted octanol–water partition coefficient (Wildman–Crippen LogP) is 1.89. The fourth-order valence-corrected chi connectivity index (χ4v) is 1.89. The van der Waals surface area contributed by atoms with Gasteiger partial charge in [-0.3, -0.25) is 0 Å². The topological polar surface area (TPSA) is 81.7 Å². The van der Waals surface area contributed by atoms with Gasteiger partial charge in [-0.25, -0.2) is 4.68 Å². The standard InChI is InChI=1S/C14H16N6O.ClH/c1-10(15-2)8-13-16-14(21-18-13)12-9-20(19-17-12)11-6-4-3-5-7-11;/h3-7,9-10,15H,8H2,1-2H3;1H. The van der Waals surface area contributed by atoms with E-state index in [0.29, 0.717) is 23.8 Å². The Kier molecular flexibility index (Phi) is 5.24. The molecule has 3 rings (SSSR count). The molecule has 2 heterocycles. The Hall–Kier alpha value is -2.25. The molecule has 1 aromatic carbocycles. The van der Waals surface area contributed by atoms with Gasteiger partial charge in [-0.15, -0.1) is 17.5 Å². The first-order valence-electron chi connectivity index (χ1n) is 6.74. The lowest BCUT2D eigenvalue weighted by atomic mass is 10.2. The summed E-state index contributed by atoms with van der Waals surface area (Å²) in [7, 11) is 1.90. The number of benzene rings is 1. The van der Waals surface area contributed by atoms with Gasteiger partial charge < -0.3 is 9.84 Å². The van der Waals surface area contributed by atoms with Crippen molar-refractivity contribution in [1.82, 2.24) is 30.5 Å². The van der Waals surface area contributed by atoms with E-state index in [1.165, 1.54) is 0 Å². The van der Waals surface area contributed by atoms with Crippen LogP contribution < -0.4 is 5.32 Å². The summed E-state index contributed by atoms with van der Waals surface area (Å²) in [6.07, 6.45) is 2.47. The predicted molar refractivity (Wildman–Crippen MR) is 84.1 cm³/mol. The minimum Gasteiger partial charge on any atom is -0.332 e. The van der Waals surface area contributed by atoms with E-state index in [-0.39, 0.29) is 18.4 Å². The van der Waals surface area contributed by atoms with E-state index in [2.05, 4.69) is 32.7 Å². The van der Waals surface area contributed by atoms with Crippen molar-refractivity contribution in [3.8, 4) is 17.3 Å². The van der Waals surface area contributed by atoms with Crippen LogP contribution in [-0.2, 0) is 6.42 Å². The summed E-state index contributed by atoms with van der Waals surface area (Å²) < 4.78 is 6.92. The van der Waals surface area contributed by atoms with Gasteiger partial charge in [0, 0.05) is 12.5 Å². The van der Waals surface area contributed by atoms with Gasteiger partial charge in [0.25, 0.3) is 5.89 Å². The van der Waals surface area contributed by atoms with Gasteiger partial charge in [0.15, 0.2) is 11.5 Å². The van der Waals surface area contributed by atoms with Crippen LogP contribution >= 0.6 is 12.4 Å². The molecule has 0 amide bonds. The molecule has 0 fully saturated rings. The van der Waals surface area contributed by atoms with Crippen LogP contribution in [0.2, 0.25) is 0 Å². The number of aromatic nitrogens is 5. The number of para-hydroxylation sites is 1. The number of halogens is 1. The number of nitrogens with one attached hydrogen (secondary N) is 1. The second-order valence-electron chi connectivity index (χ2n) is 4.79. The van der Waals surface area contributed by atoms with E-state index < -0.39 is 0 Å². The van der Waals surface area contributed by atoms with Crippen LogP contribution in [0.4, 0.5) is 0 Å². The molecule has 0 radical (unpaired) electrons. The minimum absolute atomic E-state index is 0. The van der Waals surface area contributed by atoms with Crippen molar-refractivity contribution in [1.29, 1.82) is 0 Å². The van der Waals surface area contributed by atoms with Gasteiger partial charge in [0.2, 0.25) is 0 Å². The van der Waals surface area contributed by atoms with Crippen molar-refractivity contribution in [2.24, 2.45) is 0 Å². The Labute approximate surface area is 134 Å². The highest BCUT2D eigenvalue weighted by molar-refractivity contribution is 5.85. The van der Waals surface area contributed by atoms with Crippen LogP contribution in [0.15, 0.2) is 41.1 Å². The molecule has 1 atom stereocenters.